The molecule has 0 bridgehead atoms. The van der Waals surface area contributed by atoms with Crippen LogP contribution in [0.3, 0.4) is 0 Å². The Bertz CT molecular complexity index is 1020. The smallest absolute Gasteiger partial charge is 0.253 e. The summed E-state index contributed by atoms with van der Waals surface area (Å²) in [5.74, 6) is 0.233. The molecule has 28 heavy (non-hydrogen) atoms. The van der Waals surface area contributed by atoms with Crippen molar-refractivity contribution in [1.82, 2.24) is 29.7 Å². The van der Waals surface area contributed by atoms with Crippen LogP contribution in [-0.2, 0) is 0 Å². The molecule has 8 heteroatoms. The number of nitrogens with one attached hydrogen (secondary N) is 1. The van der Waals surface area contributed by atoms with Gasteiger partial charge in [-0.2, -0.15) is 4.98 Å². The summed E-state index contributed by atoms with van der Waals surface area (Å²) in [6.07, 6.45) is 5.45. The van der Waals surface area contributed by atoms with Crippen LogP contribution in [0.5, 0.6) is 0 Å². The van der Waals surface area contributed by atoms with E-state index in [0.717, 1.165) is 31.7 Å². The fourth-order valence-corrected chi connectivity index (χ4v) is 4.18. The number of likely N-dealkylation sites (tertiary alicyclic amines) is 2. The first-order valence-corrected chi connectivity index (χ1v) is 9.79. The zero-order valence-electron chi connectivity index (χ0n) is 15.6. The molecule has 0 aliphatic carbocycles. The summed E-state index contributed by atoms with van der Waals surface area (Å²) in [7, 11) is 0. The molecule has 4 heterocycles. The summed E-state index contributed by atoms with van der Waals surface area (Å²) in [5, 5.41) is 0. The van der Waals surface area contributed by atoms with Crippen molar-refractivity contribution < 1.29 is 4.79 Å². The van der Waals surface area contributed by atoms with Crippen LogP contribution in [-0.4, -0.2) is 67.9 Å². The third-order valence-electron chi connectivity index (χ3n) is 5.74. The third kappa shape index (κ3) is 2.99. The molecule has 2 fully saturated rings. The van der Waals surface area contributed by atoms with Gasteiger partial charge in [0.05, 0.1) is 6.33 Å². The van der Waals surface area contributed by atoms with Crippen molar-refractivity contribution in [3.8, 4) is 11.3 Å². The number of amides is 1. The maximum Gasteiger partial charge on any atom is 0.253 e. The van der Waals surface area contributed by atoms with Crippen molar-refractivity contribution in [1.29, 1.82) is 0 Å². The number of carbonyl (C=O) groups is 1. The minimum atomic E-state index is 0.0676. The van der Waals surface area contributed by atoms with Gasteiger partial charge in [0.25, 0.3) is 5.91 Å². The summed E-state index contributed by atoms with van der Waals surface area (Å²) >= 11 is 0. The van der Waals surface area contributed by atoms with Crippen molar-refractivity contribution in [2.45, 2.75) is 25.3 Å². The number of fused-ring (bicyclic) bond motifs is 1. The van der Waals surface area contributed by atoms with E-state index in [-0.39, 0.29) is 11.9 Å². The van der Waals surface area contributed by atoms with E-state index in [1.54, 1.807) is 6.33 Å². The molecule has 3 aromatic rings. The highest BCUT2D eigenvalue weighted by atomic mass is 16.2. The van der Waals surface area contributed by atoms with Gasteiger partial charge in [0.15, 0.2) is 5.65 Å². The Morgan fingerprint density at radius 2 is 1.96 bits per heavy atom. The quantitative estimate of drug-likeness (QED) is 0.723. The van der Waals surface area contributed by atoms with E-state index in [0.29, 0.717) is 28.5 Å². The lowest BCUT2D eigenvalue weighted by atomic mass is 10.0. The average molecular weight is 377 g/mol. The van der Waals surface area contributed by atoms with Crippen LogP contribution < -0.4 is 5.73 Å². The first-order valence-electron chi connectivity index (χ1n) is 9.79. The van der Waals surface area contributed by atoms with Crippen LogP contribution in [0.15, 0.2) is 30.6 Å². The first-order chi connectivity index (χ1) is 13.7. The number of hydrogen-bond donors (Lipinski definition) is 2. The molecule has 2 aliphatic rings. The minimum absolute atomic E-state index is 0.0676. The zero-order chi connectivity index (χ0) is 19.1. The second-order valence-corrected chi connectivity index (χ2v) is 7.57. The largest absolute Gasteiger partial charge is 0.368 e. The summed E-state index contributed by atoms with van der Waals surface area (Å²) in [4.78, 5) is 33.1. The molecule has 5 rings (SSSR count). The fraction of sp³-hybridized carbons (Fsp3) is 0.400. The van der Waals surface area contributed by atoms with Crippen molar-refractivity contribution in [2.75, 3.05) is 31.9 Å². The van der Waals surface area contributed by atoms with Crippen LogP contribution >= 0.6 is 0 Å². The number of nitrogen functional groups attached to an aromatic ring is 1. The Kier molecular flexibility index (Phi) is 4.20. The normalized spacial score (nSPS) is 18.4. The molecule has 2 aromatic heterocycles. The molecule has 2 saturated heterocycles. The van der Waals surface area contributed by atoms with Gasteiger partial charge in [-0.05, 0) is 38.1 Å². The Labute approximate surface area is 162 Å². The van der Waals surface area contributed by atoms with E-state index in [1.165, 1.54) is 19.3 Å². The lowest BCUT2D eigenvalue weighted by Gasteiger charge is -2.46. The molecule has 8 nitrogen and oxygen atoms in total. The van der Waals surface area contributed by atoms with E-state index in [1.807, 2.05) is 29.2 Å². The maximum atomic E-state index is 12.9. The second kappa shape index (κ2) is 6.87. The van der Waals surface area contributed by atoms with Gasteiger partial charge in [-0.25, -0.2) is 9.97 Å². The van der Waals surface area contributed by atoms with Gasteiger partial charge in [0.2, 0.25) is 5.95 Å². The summed E-state index contributed by atoms with van der Waals surface area (Å²) in [6.45, 7) is 3.96. The molecular formula is C20H23N7O. The summed E-state index contributed by atoms with van der Waals surface area (Å²) in [6, 6.07) is 8.04. The highest BCUT2D eigenvalue weighted by molar-refractivity contribution is 5.97. The predicted octanol–water partition coefficient (Wildman–Crippen LogP) is 1.91. The number of H-pyrrole nitrogens is 1. The van der Waals surface area contributed by atoms with Gasteiger partial charge >= 0.3 is 0 Å². The average Bonchev–Trinajstić information content (AvgIpc) is 3.15. The number of hydrogen-bond acceptors (Lipinski definition) is 6. The highest BCUT2D eigenvalue weighted by Crippen LogP contribution is 2.27. The molecule has 0 atom stereocenters. The minimum Gasteiger partial charge on any atom is -0.368 e. The Morgan fingerprint density at radius 3 is 2.79 bits per heavy atom. The number of benzene rings is 1. The summed E-state index contributed by atoms with van der Waals surface area (Å²) < 4.78 is 0. The standard InChI is InChI=1S/C20H23N7O/c21-20-24-16(17-18(25-20)23-12-22-17)13-5-4-6-14(9-13)19(28)27-10-15(11-27)26-7-2-1-3-8-26/h4-6,9,12,15H,1-3,7-8,10-11H2,(H3,21,22,23,24,25). The molecule has 144 valence electrons. The second-order valence-electron chi connectivity index (χ2n) is 7.57. The summed E-state index contributed by atoms with van der Waals surface area (Å²) in [5.41, 5.74) is 9.21. The first kappa shape index (κ1) is 17.1. The zero-order valence-corrected chi connectivity index (χ0v) is 15.6. The van der Waals surface area contributed by atoms with Crippen molar-refractivity contribution in [2.24, 2.45) is 0 Å². The van der Waals surface area contributed by atoms with Crippen molar-refractivity contribution >= 4 is 23.0 Å². The lowest BCUT2D eigenvalue weighted by molar-refractivity contribution is 0.0203. The molecule has 0 saturated carbocycles. The van der Waals surface area contributed by atoms with Gasteiger partial charge < -0.3 is 15.6 Å². The number of aromatic nitrogens is 4. The van der Waals surface area contributed by atoms with Crippen molar-refractivity contribution in [3.63, 3.8) is 0 Å². The van der Waals surface area contributed by atoms with E-state index >= 15 is 0 Å². The van der Waals surface area contributed by atoms with Gasteiger partial charge in [-0.3, -0.25) is 9.69 Å². The molecular weight excluding hydrogens is 354 g/mol. The number of nitrogens with zero attached hydrogens (tertiary/aromatic N) is 5. The molecule has 0 spiro atoms. The lowest BCUT2D eigenvalue weighted by Crippen LogP contribution is -2.61. The number of rotatable bonds is 3. The number of nitrogens with two attached hydrogens (primary N) is 1. The Morgan fingerprint density at radius 1 is 1.14 bits per heavy atom. The topological polar surface area (TPSA) is 104 Å². The number of aromatic amines is 1. The van der Waals surface area contributed by atoms with E-state index in [9.17, 15) is 4.79 Å². The van der Waals surface area contributed by atoms with E-state index < -0.39 is 0 Å². The van der Waals surface area contributed by atoms with Gasteiger partial charge in [-0.15, -0.1) is 0 Å². The van der Waals surface area contributed by atoms with E-state index in [2.05, 4.69) is 24.8 Å². The van der Waals surface area contributed by atoms with Crippen LogP contribution in [0.25, 0.3) is 22.4 Å². The monoisotopic (exact) mass is 377 g/mol. The van der Waals surface area contributed by atoms with Gasteiger partial charge in [-0.1, -0.05) is 18.6 Å². The molecule has 0 unspecified atom stereocenters. The maximum absolute atomic E-state index is 12.9. The molecule has 1 aromatic carbocycles. The number of carbonyl (C=O) groups excluding carboxylic acids is 1. The van der Waals surface area contributed by atoms with Crippen LogP contribution in [0.4, 0.5) is 5.95 Å². The van der Waals surface area contributed by atoms with Crippen LogP contribution in [0.1, 0.15) is 29.6 Å². The third-order valence-corrected chi connectivity index (χ3v) is 5.74. The SMILES string of the molecule is Nc1nc(-c2cccc(C(=O)N3CC(N4CCCCC4)C3)c2)c2[nH]cnc2n1. The number of imidazole rings is 1. The van der Waals surface area contributed by atoms with Crippen LogP contribution in [0, 0.1) is 0 Å². The highest BCUT2D eigenvalue weighted by Gasteiger charge is 2.35. The fourth-order valence-electron chi connectivity index (χ4n) is 4.18. The number of anilines is 1. The van der Waals surface area contributed by atoms with E-state index in [4.69, 9.17) is 5.73 Å². The molecule has 1 amide bonds. The van der Waals surface area contributed by atoms with Crippen LogP contribution in [0.2, 0.25) is 0 Å². The Balaban J connectivity index is 1.36. The predicted molar refractivity (Wildman–Crippen MR) is 107 cm³/mol. The Hall–Kier alpha value is -3.00. The molecule has 3 N–H and O–H groups in total. The number of piperidine rings is 1. The van der Waals surface area contributed by atoms with Gasteiger partial charge in [0.1, 0.15) is 11.2 Å². The van der Waals surface area contributed by atoms with Gasteiger partial charge in [0, 0.05) is 30.3 Å². The van der Waals surface area contributed by atoms with Crippen molar-refractivity contribution in [3.05, 3.63) is 36.2 Å². The molecule has 2 aliphatic heterocycles. The molecule has 0 radical (unpaired) electrons.